The van der Waals surface area contributed by atoms with E-state index in [1.54, 1.807) is 33.8 Å². The van der Waals surface area contributed by atoms with Crippen LogP contribution in [-0.2, 0) is 24.4 Å². The molecule has 1 amide bonds. The molecule has 1 aliphatic carbocycles. The van der Waals surface area contributed by atoms with Gasteiger partial charge in [0.2, 0.25) is 0 Å². The number of amides is 1. The number of pyridine rings is 1. The van der Waals surface area contributed by atoms with E-state index < -0.39 is 29.7 Å². The number of alkyl halides is 3. The highest BCUT2D eigenvalue weighted by Crippen LogP contribution is 2.46. The summed E-state index contributed by atoms with van der Waals surface area (Å²) in [6.45, 7) is 1.52. The van der Waals surface area contributed by atoms with Crippen molar-refractivity contribution in [2.45, 2.75) is 39.2 Å². The second-order valence-electron chi connectivity index (χ2n) is 9.64. The number of benzene rings is 1. The molecule has 4 rings (SSSR count). The molecule has 0 aliphatic heterocycles. The van der Waals surface area contributed by atoms with Crippen molar-refractivity contribution < 1.29 is 27.1 Å². The normalized spacial score (nSPS) is 17.5. The summed E-state index contributed by atoms with van der Waals surface area (Å²) in [5.41, 5.74) is 0.0590. The predicted molar refractivity (Wildman–Crippen MR) is 137 cm³/mol. The van der Waals surface area contributed by atoms with Crippen molar-refractivity contribution in [3.05, 3.63) is 111 Å². The average Bonchev–Trinajstić information content (AvgIpc) is 3.28. The third kappa shape index (κ3) is 6.54. The summed E-state index contributed by atoms with van der Waals surface area (Å²) >= 11 is 0. The van der Waals surface area contributed by atoms with Crippen LogP contribution in [0.3, 0.4) is 0 Å². The maximum atomic E-state index is 14.5. The largest absolute Gasteiger partial charge is 0.397 e. The topological polar surface area (TPSA) is 78.2 Å². The number of carbonyl (C=O) groups excluding carboxylic acids is 1. The molecule has 11 heteroatoms. The highest BCUT2D eigenvalue weighted by molar-refractivity contribution is 5.95. The Labute approximate surface area is 222 Å². The second kappa shape index (κ2) is 11.4. The zero-order chi connectivity index (χ0) is 28.2. The van der Waals surface area contributed by atoms with Gasteiger partial charge in [-0.05, 0) is 24.1 Å². The molecule has 206 valence electrons. The van der Waals surface area contributed by atoms with E-state index in [1.807, 2.05) is 24.3 Å². The quantitative estimate of drug-likeness (QED) is 0.394. The number of aromatic nitrogens is 3. The van der Waals surface area contributed by atoms with Crippen molar-refractivity contribution in [2.75, 3.05) is 13.7 Å². The van der Waals surface area contributed by atoms with Gasteiger partial charge in [-0.2, -0.15) is 18.3 Å². The van der Waals surface area contributed by atoms with Crippen LogP contribution < -0.4 is 10.9 Å². The van der Waals surface area contributed by atoms with E-state index in [1.165, 1.54) is 13.2 Å². The van der Waals surface area contributed by atoms with Gasteiger partial charge in [-0.1, -0.05) is 42.5 Å². The predicted octanol–water partition coefficient (Wildman–Crippen LogP) is 4.77. The van der Waals surface area contributed by atoms with Gasteiger partial charge in [0.05, 0.1) is 30.7 Å². The van der Waals surface area contributed by atoms with Gasteiger partial charge >= 0.3 is 6.18 Å². The van der Waals surface area contributed by atoms with Crippen LogP contribution >= 0.6 is 0 Å². The number of ether oxygens (including phenoxy) is 1. The monoisotopic (exact) mass is 544 g/mol. The highest BCUT2D eigenvalue weighted by Gasteiger charge is 2.51. The molecule has 0 spiro atoms. The van der Waals surface area contributed by atoms with E-state index in [2.05, 4.69) is 10.4 Å². The minimum atomic E-state index is -4.58. The smallest absolute Gasteiger partial charge is 0.378 e. The molecule has 0 radical (unpaired) electrons. The fourth-order valence-electron chi connectivity index (χ4n) is 4.19. The molecule has 0 saturated carbocycles. The Bertz CT molecular complexity index is 1450. The number of rotatable bonds is 9. The third-order valence-electron chi connectivity index (χ3n) is 6.59. The number of nitrogens with zero attached hydrogens (tertiary/aromatic N) is 3. The first-order valence-electron chi connectivity index (χ1n) is 12.2. The van der Waals surface area contributed by atoms with Crippen LogP contribution in [0.2, 0.25) is 0 Å². The van der Waals surface area contributed by atoms with E-state index >= 15 is 0 Å². The molecular weight excluding hydrogens is 516 g/mol. The van der Waals surface area contributed by atoms with Gasteiger partial charge in [0.15, 0.2) is 0 Å². The number of carbonyl (C=O) groups is 1. The first-order valence-corrected chi connectivity index (χ1v) is 12.2. The molecular formula is C28H28F4N4O3. The van der Waals surface area contributed by atoms with E-state index in [4.69, 9.17) is 4.74 Å². The van der Waals surface area contributed by atoms with Gasteiger partial charge in [0, 0.05) is 44.1 Å². The number of halogens is 4. The van der Waals surface area contributed by atoms with Gasteiger partial charge in [0.1, 0.15) is 11.5 Å². The fraction of sp³-hybridized carbons (Fsp3) is 0.321. The van der Waals surface area contributed by atoms with Crippen LogP contribution in [0.1, 0.15) is 40.5 Å². The molecule has 1 atom stereocenters. The molecule has 3 aromatic rings. The Morgan fingerprint density at radius 2 is 1.82 bits per heavy atom. The SMILES string of the molecule is COCc1nn(Cc2ccc(Cn3ccccc3=O)cc2)cc1C(=O)NCC1=C(F)CC(C)(C(F)(F)F)C=C1. The summed E-state index contributed by atoms with van der Waals surface area (Å²) in [6, 6.07) is 12.6. The standard InChI is InChI=1S/C28H28F4N4O3/c1-27(28(30,31)32)11-10-21(23(29)13-27)14-33-26(38)22-17-36(34-24(22)18-39-2)16-20-8-6-19(7-9-20)15-35-12-4-3-5-25(35)37/h3-12,17H,13-16,18H2,1-2H3,(H,33,38). The molecule has 2 heterocycles. The molecule has 0 fully saturated rings. The van der Waals surface area contributed by atoms with Crippen LogP contribution in [0.25, 0.3) is 0 Å². The Hall–Kier alpha value is -3.99. The number of methoxy groups -OCH3 is 1. The van der Waals surface area contributed by atoms with Crippen LogP contribution in [0.15, 0.2) is 83.2 Å². The second-order valence-corrected chi connectivity index (χ2v) is 9.64. The average molecular weight is 545 g/mol. The Kier molecular flexibility index (Phi) is 8.19. The number of nitrogens with one attached hydrogen (secondary N) is 1. The fourth-order valence-corrected chi connectivity index (χ4v) is 4.19. The zero-order valence-corrected chi connectivity index (χ0v) is 21.5. The van der Waals surface area contributed by atoms with E-state index in [0.29, 0.717) is 18.8 Å². The zero-order valence-electron chi connectivity index (χ0n) is 21.5. The molecule has 1 aromatic carbocycles. The highest BCUT2D eigenvalue weighted by atomic mass is 19.4. The molecule has 0 saturated heterocycles. The van der Waals surface area contributed by atoms with Gasteiger partial charge in [-0.15, -0.1) is 0 Å². The van der Waals surface area contributed by atoms with E-state index in [9.17, 15) is 27.2 Å². The van der Waals surface area contributed by atoms with Crippen LogP contribution in [0, 0.1) is 5.41 Å². The van der Waals surface area contributed by atoms with E-state index in [-0.39, 0.29) is 29.8 Å². The first-order chi connectivity index (χ1) is 18.5. The lowest BCUT2D eigenvalue weighted by Crippen LogP contribution is -2.35. The molecule has 2 aromatic heterocycles. The summed E-state index contributed by atoms with van der Waals surface area (Å²) in [4.78, 5) is 24.8. The minimum absolute atomic E-state index is 0.0105. The molecule has 1 aliphatic rings. The lowest BCUT2D eigenvalue weighted by atomic mass is 9.80. The molecule has 0 bridgehead atoms. The minimum Gasteiger partial charge on any atom is -0.378 e. The van der Waals surface area contributed by atoms with Crippen molar-refractivity contribution in [2.24, 2.45) is 5.41 Å². The van der Waals surface area contributed by atoms with Crippen LogP contribution in [-0.4, -0.2) is 40.1 Å². The van der Waals surface area contributed by atoms with Crippen LogP contribution in [0.4, 0.5) is 17.6 Å². The Morgan fingerprint density at radius 3 is 2.44 bits per heavy atom. The summed E-state index contributed by atoms with van der Waals surface area (Å²) < 4.78 is 62.5. The maximum Gasteiger partial charge on any atom is 0.397 e. The molecule has 1 unspecified atom stereocenters. The van der Waals surface area contributed by atoms with Gasteiger partial charge in [-0.3, -0.25) is 14.3 Å². The van der Waals surface area contributed by atoms with Crippen molar-refractivity contribution in [3.63, 3.8) is 0 Å². The molecule has 7 nitrogen and oxygen atoms in total. The summed E-state index contributed by atoms with van der Waals surface area (Å²) in [5.74, 6) is -1.46. The van der Waals surface area contributed by atoms with Crippen molar-refractivity contribution in [1.29, 1.82) is 0 Å². The summed E-state index contributed by atoms with van der Waals surface area (Å²) in [5, 5.41) is 7.00. The maximum absolute atomic E-state index is 14.5. The Morgan fingerprint density at radius 1 is 1.13 bits per heavy atom. The van der Waals surface area contributed by atoms with E-state index in [0.717, 1.165) is 30.2 Å². The first kappa shape index (κ1) is 28.0. The van der Waals surface area contributed by atoms with Crippen molar-refractivity contribution >= 4 is 5.91 Å². The molecule has 39 heavy (non-hydrogen) atoms. The third-order valence-corrected chi connectivity index (χ3v) is 6.59. The molecule has 1 N–H and O–H groups in total. The Balaban J connectivity index is 1.42. The lowest BCUT2D eigenvalue weighted by molar-refractivity contribution is -0.201. The van der Waals surface area contributed by atoms with Crippen molar-refractivity contribution in [3.8, 4) is 0 Å². The van der Waals surface area contributed by atoms with Gasteiger partial charge in [0.25, 0.3) is 11.5 Å². The van der Waals surface area contributed by atoms with Gasteiger partial charge < -0.3 is 14.6 Å². The number of allylic oxidation sites excluding steroid dienone is 2. The van der Waals surface area contributed by atoms with Crippen LogP contribution in [0.5, 0.6) is 0 Å². The van der Waals surface area contributed by atoms with Gasteiger partial charge in [-0.25, -0.2) is 4.39 Å². The van der Waals surface area contributed by atoms with Crippen molar-refractivity contribution in [1.82, 2.24) is 19.7 Å². The lowest BCUT2D eigenvalue weighted by Gasteiger charge is -2.31. The summed E-state index contributed by atoms with van der Waals surface area (Å²) in [6.07, 6.45) is -0.131. The summed E-state index contributed by atoms with van der Waals surface area (Å²) in [7, 11) is 1.46. The number of hydrogen-bond donors (Lipinski definition) is 1. The number of hydrogen-bond acceptors (Lipinski definition) is 4.